The van der Waals surface area contributed by atoms with Crippen LogP contribution < -0.4 is 28.4 Å². The topological polar surface area (TPSA) is 68.3 Å². The van der Waals surface area contributed by atoms with Gasteiger partial charge in [-0.3, -0.25) is 14.7 Å². The molecule has 5 aliphatic heterocycles. The predicted molar refractivity (Wildman–Crippen MR) is 210 cm³/mol. The fourth-order valence-corrected chi connectivity index (χ4v) is 8.90. The molecule has 0 saturated carbocycles. The van der Waals surface area contributed by atoms with Crippen molar-refractivity contribution < 1.29 is 28.4 Å². The predicted octanol–water partition coefficient (Wildman–Crippen LogP) is 6.91. The quantitative estimate of drug-likeness (QED) is 0.209. The van der Waals surface area contributed by atoms with E-state index in [1.807, 2.05) is 6.07 Å². The lowest BCUT2D eigenvalue weighted by molar-refractivity contribution is 0.145. The van der Waals surface area contributed by atoms with Crippen molar-refractivity contribution in [1.29, 1.82) is 0 Å². The van der Waals surface area contributed by atoms with E-state index >= 15 is 0 Å². The lowest BCUT2D eigenvalue weighted by atomic mass is 9.84. The molecule has 1 saturated heterocycles. The van der Waals surface area contributed by atoms with Crippen LogP contribution in [0, 0.1) is 0 Å². The van der Waals surface area contributed by atoms with Crippen LogP contribution in [0.1, 0.15) is 51.0 Å². The molecule has 10 heteroatoms. The highest BCUT2D eigenvalue weighted by Crippen LogP contribution is 2.54. The highest BCUT2D eigenvalue weighted by Gasteiger charge is 2.37. The first kappa shape index (κ1) is 36.5. The minimum absolute atomic E-state index is 0.0308. The molecule has 0 amide bonds. The van der Waals surface area contributed by atoms with Crippen molar-refractivity contribution >= 4 is 0 Å². The van der Waals surface area contributed by atoms with E-state index in [9.17, 15) is 0 Å². The molecule has 6 bridgehead atoms. The fourth-order valence-electron chi connectivity index (χ4n) is 8.90. The van der Waals surface area contributed by atoms with E-state index in [0.717, 1.165) is 94.1 Å². The Bertz CT molecular complexity index is 1990. The first-order valence-corrected chi connectivity index (χ1v) is 19.2. The number of rotatable bonds is 6. The summed E-state index contributed by atoms with van der Waals surface area (Å²) in [7, 11) is 13.5. The smallest absolute Gasteiger partial charge is 0.204 e. The summed E-state index contributed by atoms with van der Waals surface area (Å²) in [5.41, 5.74) is 8.49. The molecule has 286 valence electrons. The molecule has 54 heavy (non-hydrogen) atoms. The highest BCUT2D eigenvalue weighted by atomic mass is 16.5. The van der Waals surface area contributed by atoms with Gasteiger partial charge in [0.25, 0.3) is 0 Å². The number of methoxy groups -OCH3 is 4. The SMILES string of the molecule is COc1ccc2cc1Oc1ccc(cc1)C[C@H]1c3cc(c(OC)cc3CCN1C)Oc1c(OC)c(OC)c(CN3CCN(C)CC3)c3c1C(C2)N(C)CC3. The molecule has 5 aliphatic rings. The average Bonchev–Trinajstić information content (AvgIpc) is 3.18. The Balaban J connectivity index is 1.36. The molecule has 2 atom stereocenters. The second-order valence-electron chi connectivity index (χ2n) is 15.3. The Morgan fingerprint density at radius 3 is 2.02 bits per heavy atom. The van der Waals surface area contributed by atoms with Crippen molar-refractivity contribution in [2.75, 3.05) is 88.9 Å². The number of hydrogen-bond acceptors (Lipinski definition) is 10. The zero-order valence-electron chi connectivity index (χ0n) is 32.9. The van der Waals surface area contributed by atoms with Crippen LogP contribution in [0.4, 0.5) is 0 Å². The molecule has 0 aliphatic carbocycles. The Kier molecular flexibility index (Phi) is 10.4. The highest BCUT2D eigenvalue weighted by molar-refractivity contribution is 5.67. The first-order valence-electron chi connectivity index (χ1n) is 19.2. The van der Waals surface area contributed by atoms with Crippen molar-refractivity contribution in [3.05, 3.63) is 93.5 Å². The molecule has 4 aromatic carbocycles. The molecule has 9 rings (SSSR count). The van der Waals surface area contributed by atoms with Crippen molar-refractivity contribution in [2.45, 2.75) is 44.3 Å². The van der Waals surface area contributed by atoms with Crippen molar-refractivity contribution in [1.82, 2.24) is 19.6 Å². The van der Waals surface area contributed by atoms with Gasteiger partial charge < -0.3 is 33.3 Å². The Morgan fingerprint density at radius 2 is 1.30 bits per heavy atom. The lowest BCUT2D eigenvalue weighted by Gasteiger charge is -2.40. The van der Waals surface area contributed by atoms with Gasteiger partial charge >= 0.3 is 0 Å². The van der Waals surface area contributed by atoms with Crippen LogP contribution in [0.15, 0.2) is 54.6 Å². The van der Waals surface area contributed by atoms with Gasteiger partial charge in [-0.15, -0.1) is 0 Å². The van der Waals surface area contributed by atoms with Crippen LogP contribution in [0.5, 0.6) is 46.0 Å². The minimum atomic E-state index is -0.0308. The van der Waals surface area contributed by atoms with Crippen LogP contribution in [-0.4, -0.2) is 108 Å². The van der Waals surface area contributed by atoms with Crippen LogP contribution in [-0.2, 0) is 32.2 Å². The maximum absolute atomic E-state index is 7.27. The standard InChI is InChI=1S/C44H54N4O6/c1-45-18-20-48(21-19-45)27-34-32-15-17-47(3)36-23-29-10-13-37(49-4)39(24-29)53-31-11-8-28(9-12-31)22-35-33-26-40(38(50-5)25-30(33)14-16-46(35)2)54-43(41(32)36)44(52-7)42(34)51-6/h8-13,24-26,35-36H,14-23,27H2,1-7H3/t35-,36?/m0/s1. The van der Waals surface area contributed by atoms with E-state index in [1.54, 1.807) is 28.4 Å². The van der Waals surface area contributed by atoms with E-state index < -0.39 is 0 Å². The average molecular weight is 735 g/mol. The molecule has 5 heterocycles. The minimum Gasteiger partial charge on any atom is -0.493 e. The van der Waals surface area contributed by atoms with E-state index in [2.05, 4.69) is 89.3 Å². The number of hydrogen-bond donors (Lipinski definition) is 0. The molecule has 0 radical (unpaired) electrons. The summed E-state index contributed by atoms with van der Waals surface area (Å²) in [4.78, 5) is 9.82. The maximum Gasteiger partial charge on any atom is 0.204 e. The van der Waals surface area contributed by atoms with Gasteiger partial charge in [0, 0.05) is 69.0 Å². The second kappa shape index (κ2) is 15.3. The van der Waals surface area contributed by atoms with E-state index in [-0.39, 0.29) is 12.1 Å². The van der Waals surface area contributed by atoms with E-state index in [4.69, 9.17) is 28.4 Å². The molecule has 1 fully saturated rings. The van der Waals surface area contributed by atoms with E-state index in [1.165, 1.54) is 27.8 Å². The van der Waals surface area contributed by atoms with Crippen LogP contribution in [0.25, 0.3) is 0 Å². The lowest BCUT2D eigenvalue weighted by Crippen LogP contribution is -2.44. The van der Waals surface area contributed by atoms with Crippen molar-refractivity contribution in [3.8, 4) is 46.0 Å². The van der Waals surface area contributed by atoms with Crippen LogP contribution >= 0.6 is 0 Å². The monoisotopic (exact) mass is 734 g/mol. The number of nitrogens with zero attached hydrogens (tertiary/aromatic N) is 4. The molecule has 0 aromatic heterocycles. The summed E-state index contributed by atoms with van der Waals surface area (Å²) in [6.45, 7) is 6.70. The van der Waals surface area contributed by atoms with E-state index in [0.29, 0.717) is 34.5 Å². The summed E-state index contributed by atoms with van der Waals surface area (Å²) in [5, 5.41) is 0. The van der Waals surface area contributed by atoms with Gasteiger partial charge in [-0.25, -0.2) is 0 Å². The van der Waals surface area contributed by atoms with Crippen LogP contribution in [0.3, 0.4) is 0 Å². The Labute approximate surface area is 320 Å². The molecule has 4 aromatic rings. The van der Waals surface area contributed by atoms with Gasteiger partial charge in [0.2, 0.25) is 5.75 Å². The summed E-state index contributed by atoms with van der Waals surface area (Å²) < 4.78 is 38.4. The number of fused-ring (bicyclic) bond motifs is 2. The summed E-state index contributed by atoms with van der Waals surface area (Å²) in [6, 6.07) is 19.3. The number of piperazine rings is 1. The van der Waals surface area contributed by atoms with Gasteiger partial charge in [-0.2, -0.15) is 0 Å². The number of likely N-dealkylation sites (N-methyl/N-ethyl adjacent to an activating group) is 3. The van der Waals surface area contributed by atoms with Crippen LogP contribution in [0.2, 0.25) is 0 Å². The van der Waals surface area contributed by atoms with Crippen molar-refractivity contribution in [3.63, 3.8) is 0 Å². The third kappa shape index (κ3) is 6.85. The third-order valence-electron chi connectivity index (χ3n) is 12.1. The molecule has 1 unspecified atom stereocenters. The van der Waals surface area contributed by atoms with Gasteiger partial charge in [0.15, 0.2) is 34.5 Å². The largest absolute Gasteiger partial charge is 0.493 e. The molecule has 0 N–H and O–H groups in total. The first-order chi connectivity index (χ1) is 26.3. The summed E-state index contributed by atoms with van der Waals surface area (Å²) >= 11 is 0. The Morgan fingerprint density at radius 1 is 0.630 bits per heavy atom. The third-order valence-corrected chi connectivity index (χ3v) is 12.1. The number of benzene rings is 4. The fraction of sp³-hybridized carbons (Fsp3) is 0.455. The second-order valence-corrected chi connectivity index (χ2v) is 15.3. The normalized spacial score (nSPS) is 20.6. The number of ether oxygens (including phenoxy) is 6. The Hall–Kier alpha value is -4.48. The van der Waals surface area contributed by atoms with Crippen molar-refractivity contribution in [2.24, 2.45) is 0 Å². The molecule has 10 nitrogen and oxygen atoms in total. The zero-order valence-corrected chi connectivity index (χ0v) is 32.9. The maximum atomic E-state index is 7.27. The molecular formula is C44H54N4O6. The molecular weight excluding hydrogens is 681 g/mol. The van der Waals surface area contributed by atoms with Gasteiger partial charge in [0.1, 0.15) is 5.75 Å². The van der Waals surface area contributed by atoms with Gasteiger partial charge in [0.05, 0.1) is 28.4 Å². The summed E-state index contributed by atoms with van der Waals surface area (Å²) in [6.07, 6.45) is 3.36. The van der Waals surface area contributed by atoms with Gasteiger partial charge in [-0.05, 0) is 111 Å². The van der Waals surface area contributed by atoms with Gasteiger partial charge in [-0.1, -0.05) is 18.2 Å². The summed E-state index contributed by atoms with van der Waals surface area (Å²) in [5.74, 6) is 5.60. The zero-order chi connectivity index (χ0) is 37.5. The molecule has 0 spiro atoms.